The van der Waals surface area contributed by atoms with Crippen LogP contribution in [0.3, 0.4) is 0 Å². The Morgan fingerprint density at radius 1 is 1.07 bits per heavy atom. The molecule has 1 amide bonds. The third-order valence-corrected chi connectivity index (χ3v) is 6.79. The highest BCUT2D eigenvalue weighted by Crippen LogP contribution is 2.36. The van der Waals surface area contributed by atoms with Crippen LogP contribution >= 0.6 is 34.3 Å². The fourth-order valence-corrected chi connectivity index (χ4v) is 5.24. The highest BCUT2D eigenvalue weighted by Gasteiger charge is 2.18. The number of thiophene rings is 1. The third kappa shape index (κ3) is 3.50. The average molecular weight is 413 g/mol. The van der Waals surface area contributed by atoms with Gasteiger partial charge >= 0.3 is 0 Å². The van der Waals surface area contributed by atoms with Crippen molar-refractivity contribution in [3.63, 3.8) is 0 Å². The zero-order chi connectivity index (χ0) is 19.1. The van der Waals surface area contributed by atoms with E-state index in [9.17, 15) is 4.79 Å². The number of carbonyl (C=O) groups is 1. The molecule has 4 aromatic rings. The number of carbonyl (C=O) groups excluding carboxylic acids is 1. The van der Waals surface area contributed by atoms with E-state index in [1.54, 1.807) is 0 Å². The molecule has 0 aliphatic rings. The molecule has 0 bridgehead atoms. The summed E-state index contributed by atoms with van der Waals surface area (Å²) in [7, 11) is 0. The minimum Gasteiger partial charge on any atom is -0.297 e. The Bertz CT molecular complexity index is 1180. The minimum atomic E-state index is -0.222. The predicted molar refractivity (Wildman–Crippen MR) is 117 cm³/mol. The SMILES string of the molecule is Cc1ccc(-c2csc(NC(=O)c3sc4cc(C)ccc4c3Cl)n2)c(C)c1. The molecule has 0 atom stereocenters. The largest absolute Gasteiger partial charge is 0.297 e. The van der Waals surface area contributed by atoms with E-state index in [0.717, 1.165) is 26.9 Å². The van der Waals surface area contributed by atoms with Gasteiger partial charge < -0.3 is 0 Å². The van der Waals surface area contributed by atoms with Crippen molar-refractivity contribution in [3.8, 4) is 11.3 Å². The normalized spacial score (nSPS) is 11.1. The summed E-state index contributed by atoms with van der Waals surface area (Å²) in [5, 5.41) is 6.83. The van der Waals surface area contributed by atoms with E-state index in [1.807, 2.05) is 30.5 Å². The Morgan fingerprint density at radius 3 is 2.59 bits per heavy atom. The van der Waals surface area contributed by atoms with E-state index >= 15 is 0 Å². The van der Waals surface area contributed by atoms with E-state index in [-0.39, 0.29) is 5.91 Å². The molecular weight excluding hydrogens is 396 g/mol. The van der Waals surface area contributed by atoms with Gasteiger partial charge in [-0.1, -0.05) is 47.5 Å². The summed E-state index contributed by atoms with van der Waals surface area (Å²) in [5.41, 5.74) is 5.47. The minimum absolute atomic E-state index is 0.222. The smallest absolute Gasteiger partial charge is 0.269 e. The molecule has 27 heavy (non-hydrogen) atoms. The molecule has 0 aliphatic heterocycles. The van der Waals surface area contributed by atoms with Gasteiger partial charge in [-0.3, -0.25) is 10.1 Å². The zero-order valence-corrected chi connectivity index (χ0v) is 17.5. The molecule has 2 aromatic carbocycles. The van der Waals surface area contributed by atoms with E-state index in [2.05, 4.69) is 42.3 Å². The van der Waals surface area contributed by atoms with Gasteiger partial charge in [-0.2, -0.15) is 0 Å². The number of hydrogen-bond donors (Lipinski definition) is 1. The molecule has 136 valence electrons. The Morgan fingerprint density at radius 2 is 1.81 bits per heavy atom. The van der Waals surface area contributed by atoms with Gasteiger partial charge in [0.1, 0.15) is 4.88 Å². The summed E-state index contributed by atoms with van der Waals surface area (Å²) in [6, 6.07) is 12.3. The molecule has 0 saturated heterocycles. The van der Waals surface area contributed by atoms with Crippen LogP contribution in [0, 0.1) is 20.8 Å². The lowest BCUT2D eigenvalue weighted by atomic mass is 10.0. The number of aryl methyl sites for hydroxylation is 3. The Balaban J connectivity index is 1.61. The second-order valence-electron chi connectivity index (χ2n) is 6.56. The van der Waals surface area contributed by atoms with Gasteiger partial charge in [0.2, 0.25) is 0 Å². The maximum Gasteiger partial charge on any atom is 0.269 e. The van der Waals surface area contributed by atoms with Gasteiger partial charge in [-0.05, 0) is 38.0 Å². The summed E-state index contributed by atoms with van der Waals surface area (Å²) in [6.45, 7) is 6.16. The number of nitrogens with one attached hydrogen (secondary N) is 1. The number of hydrogen-bond acceptors (Lipinski definition) is 4. The Labute approximate surface area is 170 Å². The van der Waals surface area contributed by atoms with Gasteiger partial charge in [0.15, 0.2) is 5.13 Å². The quantitative estimate of drug-likeness (QED) is 0.399. The van der Waals surface area contributed by atoms with Crippen LogP contribution in [0.5, 0.6) is 0 Å². The first-order chi connectivity index (χ1) is 12.9. The summed E-state index contributed by atoms with van der Waals surface area (Å²) in [5.74, 6) is -0.222. The summed E-state index contributed by atoms with van der Waals surface area (Å²) in [4.78, 5) is 17.8. The fraction of sp³-hybridized carbons (Fsp3) is 0.143. The van der Waals surface area contributed by atoms with Gasteiger partial charge in [0.25, 0.3) is 5.91 Å². The first-order valence-corrected chi connectivity index (χ1v) is 10.5. The van der Waals surface area contributed by atoms with E-state index < -0.39 is 0 Å². The number of rotatable bonds is 3. The average Bonchev–Trinajstić information content (AvgIpc) is 3.19. The lowest BCUT2D eigenvalue weighted by Gasteiger charge is -2.03. The monoisotopic (exact) mass is 412 g/mol. The molecule has 0 spiro atoms. The second kappa shape index (κ2) is 7.08. The number of fused-ring (bicyclic) bond motifs is 1. The van der Waals surface area contributed by atoms with Gasteiger partial charge in [0, 0.05) is 21.0 Å². The number of amides is 1. The van der Waals surface area contributed by atoms with Crippen LogP contribution in [0.15, 0.2) is 41.8 Å². The molecule has 0 saturated carbocycles. The first-order valence-electron chi connectivity index (χ1n) is 8.45. The molecule has 4 rings (SSSR count). The molecule has 0 unspecified atom stereocenters. The molecule has 2 aromatic heterocycles. The Hall–Kier alpha value is -2.21. The zero-order valence-electron chi connectivity index (χ0n) is 15.1. The standard InChI is InChI=1S/C21H17ClN2OS2/c1-11-4-6-14(13(3)8-11)16-10-26-21(23-16)24-20(25)19-18(22)15-7-5-12(2)9-17(15)27-19/h4-10H,1-3H3,(H,23,24,25). The third-order valence-electron chi connectivity index (χ3n) is 4.37. The summed E-state index contributed by atoms with van der Waals surface area (Å²) in [6.07, 6.45) is 0. The second-order valence-corrected chi connectivity index (χ2v) is 8.84. The highest BCUT2D eigenvalue weighted by molar-refractivity contribution is 7.22. The van der Waals surface area contributed by atoms with E-state index in [1.165, 1.54) is 33.8 Å². The molecule has 6 heteroatoms. The highest BCUT2D eigenvalue weighted by atomic mass is 35.5. The van der Waals surface area contributed by atoms with Crippen molar-refractivity contribution in [1.29, 1.82) is 0 Å². The van der Waals surface area contributed by atoms with Crippen LogP contribution in [0.25, 0.3) is 21.3 Å². The lowest BCUT2D eigenvalue weighted by Crippen LogP contribution is -2.10. The molecule has 1 N–H and O–H groups in total. The number of anilines is 1. The lowest BCUT2D eigenvalue weighted by molar-refractivity contribution is 0.103. The number of nitrogens with zero attached hydrogens (tertiary/aromatic N) is 1. The maximum absolute atomic E-state index is 12.7. The summed E-state index contributed by atoms with van der Waals surface area (Å²) < 4.78 is 1.01. The molecule has 2 heterocycles. The first kappa shape index (κ1) is 18.2. The molecule has 0 aliphatic carbocycles. The van der Waals surface area contributed by atoms with Gasteiger partial charge in [-0.15, -0.1) is 22.7 Å². The molecular formula is C21H17ClN2OS2. The van der Waals surface area contributed by atoms with Crippen LogP contribution in [0.1, 0.15) is 26.4 Å². The van der Waals surface area contributed by atoms with Crippen molar-refractivity contribution in [3.05, 3.63) is 68.4 Å². The number of aromatic nitrogens is 1. The number of halogens is 1. The van der Waals surface area contributed by atoms with Crippen molar-refractivity contribution < 1.29 is 4.79 Å². The number of benzene rings is 2. The van der Waals surface area contributed by atoms with Crippen LogP contribution < -0.4 is 5.32 Å². The predicted octanol–water partition coefficient (Wildman–Crippen LogP) is 6.86. The van der Waals surface area contributed by atoms with Crippen LogP contribution in [-0.2, 0) is 0 Å². The molecule has 0 fully saturated rings. The van der Waals surface area contributed by atoms with Gasteiger partial charge in [0.05, 0.1) is 10.7 Å². The van der Waals surface area contributed by atoms with E-state index in [0.29, 0.717) is 15.0 Å². The van der Waals surface area contributed by atoms with Crippen molar-refractivity contribution in [1.82, 2.24) is 4.98 Å². The van der Waals surface area contributed by atoms with Crippen molar-refractivity contribution in [2.75, 3.05) is 5.32 Å². The Kier molecular flexibility index (Phi) is 4.76. The van der Waals surface area contributed by atoms with Crippen molar-refractivity contribution in [2.45, 2.75) is 20.8 Å². The van der Waals surface area contributed by atoms with Crippen LogP contribution in [0.2, 0.25) is 5.02 Å². The summed E-state index contributed by atoms with van der Waals surface area (Å²) >= 11 is 9.26. The topological polar surface area (TPSA) is 42.0 Å². The van der Waals surface area contributed by atoms with Crippen LogP contribution in [0.4, 0.5) is 5.13 Å². The maximum atomic E-state index is 12.7. The van der Waals surface area contributed by atoms with Crippen molar-refractivity contribution in [2.24, 2.45) is 0 Å². The van der Waals surface area contributed by atoms with E-state index in [4.69, 9.17) is 11.6 Å². The fourth-order valence-electron chi connectivity index (χ4n) is 3.03. The van der Waals surface area contributed by atoms with Gasteiger partial charge in [-0.25, -0.2) is 4.98 Å². The van der Waals surface area contributed by atoms with Crippen molar-refractivity contribution >= 4 is 55.4 Å². The number of thiazole rings is 1. The molecule has 3 nitrogen and oxygen atoms in total. The molecule has 0 radical (unpaired) electrons. The van der Waals surface area contributed by atoms with Crippen LogP contribution in [-0.4, -0.2) is 10.9 Å².